The summed E-state index contributed by atoms with van der Waals surface area (Å²) in [6.45, 7) is 7.00. The van der Waals surface area contributed by atoms with Gasteiger partial charge in [-0.15, -0.1) is 11.6 Å². The lowest BCUT2D eigenvalue weighted by molar-refractivity contribution is -0.136. The van der Waals surface area contributed by atoms with Crippen molar-refractivity contribution < 1.29 is 26.8 Å². The summed E-state index contributed by atoms with van der Waals surface area (Å²) >= 11 is 5.75. The first-order valence-corrected chi connectivity index (χ1v) is 14.0. The molecule has 1 aromatic carbocycles. The third-order valence-corrected chi connectivity index (χ3v) is 11.5. The van der Waals surface area contributed by atoms with Crippen molar-refractivity contribution in [2.75, 3.05) is 0 Å². The van der Waals surface area contributed by atoms with Gasteiger partial charge in [-0.25, -0.2) is 0 Å². The van der Waals surface area contributed by atoms with E-state index < -0.39 is 40.2 Å². The minimum atomic E-state index is -4.31. The van der Waals surface area contributed by atoms with Crippen LogP contribution in [0.3, 0.4) is 0 Å². The number of hydrogen-bond acceptors (Lipinski definition) is 3. The highest BCUT2D eigenvalue weighted by molar-refractivity contribution is 6.88. The Kier molecular flexibility index (Phi) is 5.84. The fraction of sp³-hybridized carbons (Fsp3) is 0.625. The van der Waals surface area contributed by atoms with Gasteiger partial charge in [-0.1, -0.05) is 24.3 Å². The summed E-state index contributed by atoms with van der Waals surface area (Å²) < 4.78 is 50.0. The molecule has 0 spiro atoms. The van der Waals surface area contributed by atoms with Crippen LogP contribution in [0.1, 0.15) is 24.5 Å². The molecule has 0 amide bonds. The van der Waals surface area contributed by atoms with Gasteiger partial charge in [-0.05, 0) is 37.7 Å². The van der Waals surface area contributed by atoms with Crippen LogP contribution in [0.15, 0.2) is 24.3 Å². The van der Waals surface area contributed by atoms with Crippen LogP contribution in [0.5, 0.6) is 0 Å². The van der Waals surface area contributed by atoms with Gasteiger partial charge in [0, 0.05) is 17.8 Å². The molecular formula is C16H24ClF3O3Si2. The maximum Gasteiger partial charge on any atom is 0.389 e. The van der Waals surface area contributed by atoms with Gasteiger partial charge in [0.25, 0.3) is 0 Å². The van der Waals surface area contributed by atoms with Gasteiger partial charge in [0.15, 0.2) is 0 Å². The van der Waals surface area contributed by atoms with E-state index in [0.717, 1.165) is 11.1 Å². The summed E-state index contributed by atoms with van der Waals surface area (Å²) in [5.41, 5.74) is 1.09. The Bertz CT molecular complexity index is 608. The number of hydrogen-bond donors (Lipinski definition) is 1. The zero-order chi connectivity index (χ0) is 19.1. The Balaban J connectivity index is 1.97. The van der Waals surface area contributed by atoms with Crippen LogP contribution in [0, 0.1) is 0 Å². The Hall–Kier alpha value is -0.386. The van der Waals surface area contributed by atoms with Crippen LogP contribution in [-0.4, -0.2) is 33.1 Å². The molecule has 0 bridgehead atoms. The van der Waals surface area contributed by atoms with E-state index in [1.165, 1.54) is 6.55 Å². The second-order valence-electron chi connectivity index (χ2n) is 7.37. The van der Waals surface area contributed by atoms with E-state index in [9.17, 15) is 18.0 Å². The number of benzene rings is 1. The molecule has 0 radical (unpaired) electrons. The van der Waals surface area contributed by atoms with Gasteiger partial charge in [0.1, 0.15) is 0 Å². The molecule has 1 aromatic rings. The van der Waals surface area contributed by atoms with Gasteiger partial charge in [0.2, 0.25) is 8.32 Å². The molecule has 3 atom stereocenters. The topological polar surface area (TPSA) is 38.7 Å². The Morgan fingerprint density at radius 2 is 1.76 bits per heavy atom. The molecule has 1 saturated heterocycles. The molecule has 0 aromatic heterocycles. The zero-order valence-corrected chi connectivity index (χ0v) is 17.5. The molecular weight excluding hydrogens is 389 g/mol. The Labute approximate surface area is 153 Å². The van der Waals surface area contributed by atoms with Crippen LogP contribution in [-0.2, 0) is 21.3 Å². The van der Waals surface area contributed by atoms with Crippen LogP contribution >= 0.6 is 11.6 Å². The average Bonchev–Trinajstić information content (AvgIpc) is 2.87. The Morgan fingerprint density at radius 3 is 2.24 bits per heavy atom. The van der Waals surface area contributed by atoms with E-state index >= 15 is 0 Å². The minimum absolute atomic E-state index is 0.311. The van der Waals surface area contributed by atoms with Crippen molar-refractivity contribution in [1.82, 2.24) is 0 Å². The molecule has 0 aliphatic carbocycles. The molecule has 3 unspecified atom stereocenters. The Morgan fingerprint density at radius 1 is 1.24 bits per heavy atom. The van der Waals surface area contributed by atoms with Crippen molar-refractivity contribution >= 4 is 28.5 Å². The molecule has 142 valence electrons. The molecule has 25 heavy (non-hydrogen) atoms. The molecule has 1 aliphatic heterocycles. The van der Waals surface area contributed by atoms with Crippen molar-refractivity contribution in [3.8, 4) is 0 Å². The van der Waals surface area contributed by atoms with Crippen LogP contribution in [0.2, 0.25) is 25.2 Å². The summed E-state index contributed by atoms with van der Waals surface area (Å²) in [5, 5.41) is -1.11. The first kappa shape index (κ1) is 20.9. The van der Waals surface area contributed by atoms with Crippen molar-refractivity contribution in [2.45, 2.75) is 62.4 Å². The summed E-state index contributed by atoms with van der Waals surface area (Å²) in [4.78, 5) is 10.4. The van der Waals surface area contributed by atoms with Crippen LogP contribution < -0.4 is 0 Å². The van der Waals surface area contributed by atoms with E-state index in [-0.39, 0.29) is 0 Å². The third kappa shape index (κ3) is 4.87. The first-order valence-electron chi connectivity index (χ1n) is 8.08. The highest BCUT2D eigenvalue weighted by Gasteiger charge is 2.77. The normalized spacial score (nSPS) is 29.7. The maximum absolute atomic E-state index is 12.7. The zero-order valence-electron chi connectivity index (χ0n) is 14.8. The summed E-state index contributed by atoms with van der Waals surface area (Å²) in [6.07, 6.45) is -5.31. The molecule has 3 nitrogen and oxygen atoms in total. The van der Waals surface area contributed by atoms with Crippen LogP contribution in [0.4, 0.5) is 13.2 Å². The minimum Gasteiger partial charge on any atom is -0.429 e. The lowest BCUT2D eigenvalue weighted by Gasteiger charge is -2.29. The van der Waals surface area contributed by atoms with E-state index in [1.807, 2.05) is 24.3 Å². The fourth-order valence-corrected chi connectivity index (χ4v) is 9.89. The molecule has 1 heterocycles. The summed E-state index contributed by atoms with van der Waals surface area (Å²) in [6, 6.07) is 7.61. The lowest BCUT2D eigenvalue weighted by atomic mass is 10.2. The molecule has 9 heteroatoms. The maximum atomic E-state index is 12.7. The predicted molar refractivity (Wildman–Crippen MR) is 96.0 cm³/mol. The second-order valence-corrected chi connectivity index (χ2v) is 14.9. The van der Waals surface area contributed by atoms with Gasteiger partial charge >= 0.3 is 14.7 Å². The van der Waals surface area contributed by atoms with E-state index in [1.54, 1.807) is 20.0 Å². The SMILES string of the molecule is CC1(O[Si](C)(C)OCc2ccc(CCl)cc2)C(CC(F)(F)F)[Si]1(C)O. The quantitative estimate of drug-likeness (QED) is 0.513. The van der Waals surface area contributed by atoms with Gasteiger partial charge < -0.3 is 13.6 Å². The van der Waals surface area contributed by atoms with E-state index in [0.29, 0.717) is 12.5 Å². The third-order valence-electron chi connectivity index (χ3n) is 4.92. The average molecular weight is 413 g/mol. The molecule has 1 N–H and O–H groups in total. The number of halogens is 4. The van der Waals surface area contributed by atoms with Crippen LogP contribution in [0.25, 0.3) is 0 Å². The van der Waals surface area contributed by atoms with Gasteiger partial charge in [-0.2, -0.15) is 13.2 Å². The second kappa shape index (κ2) is 6.97. The van der Waals surface area contributed by atoms with Crippen molar-refractivity contribution in [2.24, 2.45) is 0 Å². The van der Waals surface area contributed by atoms with Crippen molar-refractivity contribution in [3.05, 3.63) is 35.4 Å². The highest BCUT2D eigenvalue weighted by atomic mass is 35.5. The smallest absolute Gasteiger partial charge is 0.389 e. The van der Waals surface area contributed by atoms with Gasteiger partial charge in [0.05, 0.1) is 11.8 Å². The predicted octanol–water partition coefficient (Wildman–Crippen LogP) is 4.86. The molecule has 1 aliphatic rings. The highest BCUT2D eigenvalue weighted by Crippen LogP contribution is 2.63. The first-order chi connectivity index (χ1) is 11.3. The largest absolute Gasteiger partial charge is 0.429 e. The number of rotatable bonds is 7. The molecule has 0 saturated carbocycles. The monoisotopic (exact) mass is 412 g/mol. The van der Waals surface area contributed by atoms with Crippen molar-refractivity contribution in [3.63, 3.8) is 0 Å². The lowest BCUT2D eigenvalue weighted by Crippen LogP contribution is -2.43. The fourth-order valence-electron chi connectivity index (χ4n) is 3.17. The molecule has 2 rings (SSSR count). The summed E-state index contributed by atoms with van der Waals surface area (Å²) in [5.74, 6) is 0.434. The van der Waals surface area contributed by atoms with Crippen molar-refractivity contribution in [1.29, 1.82) is 0 Å². The molecule has 1 fully saturated rings. The standard InChI is InChI=1S/C16H24ClF3O3Si2/c1-15(14(25(15,4)21)9-16(18,19)20)23-24(2,3)22-11-13-7-5-12(10-17)6-8-13/h5-8,14,21H,9-11H2,1-4H3. The van der Waals surface area contributed by atoms with Gasteiger partial charge in [-0.3, -0.25) is 0 Å². The van der Waals surface area contributed by atoms with E-state index in [4.69, 9.17) is 20.5 Å². The van der Waals surface area contributed by atoms with E-state index in [2.05, 4.69) is 0 Å². The number of alkyl halides is 4. The summed E-state index contributed by atoms with van der Waals surface area (Å²) in [7, 11) is -5.79.